The molecule has 4 rings (SSSR count). The molecule has 0 fully saturated rings. The fourth-order valence-electron chi connectivity index (χ4n) is 3.35. The molecule has 1 amide bonds. The monoisotopic (exact) mass is 399 g/mol. The van der Waals surface area contributed by atoms with Crippen molar-refractivity contribution >= 4 is 22.7 Å². The molecule has 0 radical (unpaired) electrons. The fraction of sp³-hybridized carbons (Fsp3) is 0.174. The summed E-state index contributed by atoms with van der Waals surface area (Å²) in [4.78, 5) is 39.5. The van der Waals surface area contributed by atoms with E-state index in [0.29, 0.717) is 22.5 Å². The molecule has 3 aromatic heterocycles. The molecule has 0 aliphatic rings. The lowest BCUT2D eigenvalue weighted by Crippen LogP contribution is -2.21. The normalized spacial score (nSPS) is 10.9. The molecule has 0 saturated heterocycles. The Morgan fingerprint density at radius 1 is 1.00 bits per heavy atom. The summed E-state index contributed by atoms with van der Waals surface area (Å²) < 4.78 is 1.55. The van der Waals surface area contributed by atoms with Gasteiger partial charge in [-0.1, -0.05) is 0 Å². The second kappa shape index (κ2) is 7.51. The highest BCUT2D eigenvalue weighted by molar-refractivity contribution is 6.04. The van der Waals surface area contributed by atoms with Crippen LogP contribution in [0.5, 0.6) is 0 Å². The summed E-state index contributed by atoms with van der Waals surface area (Å²) in [5.74, 6) is 0.240. The van der Waals surface area contributed by atoms with Gasteiger partial charge >= 0.3 is 0 Å². The lowest BCUT2D eigenvalue weighted by atomic mass is 10.1. The van der Waals surface area contributed by atoms with Crippen molar-refractivity contribution in [1.82, 2.24) is 24.4 Å². The van der Waals surface area contributed by atoms with Crippen LogP contribution >= 0.6 is 0 Å². The standard InChI is InChI=1S/C23H21N5O2/c1-14-7-8-24-20(9-14)17-11-25-22(26-12-17)19-13-28(15(2)29)21-6-5-16(10-18(19)21)23(30)27(3)4/h5-13H,1-4H3. The first-order valence-electron chi connectivity index (χ1n) is 9.48. The smallest absolute Gasteiger partial charge is 0.253 e. The number of rotatable bonds is 3. The van der Waals surface area contributed by atoms with Crippen molar-refractivity contribution in [1.29, 1.82) is 0 Å². The maximum atomic E-state index is 12.4. The third-order valence-electron chi connectivity index (χ3n) is 4.90. The molecule has 0 aliphatic carbocycles. The van der Waals surface area contributed by atoms with Gasteiger partial charge in [0.25, 0.3) is 5.91 Å². The third-order valence-corrected chi connectivity index (χ3v) is 4.90. The van der Waals surface area contributed by atoms with Crippen LogP contribution in [0.3, 0.4) is 0 Å². The van der Waals surface area contributed by atoms with E-state index in [4.69, 9.17) is 0 Å². The number of benzene rings is 1. The zero-order valence-electron chi connectivity index (χ0n) is 17.2. The highest BCUT2D eigenvalue weighted by Gasteiger charge is 2.17. The van der Waals surface area contributed by atoms with Crippen molar-refractivity contribution in [2.24, 2.45) is 0 Å². The summed E-state index contributed by atoms with van der Waals surface area (Å²) in [7, 11) is 3.41. The number of carbonyl (C=O) groups is 2. The molecule has 0 atom stereocenters. The molecular formula is C23H21N5O2. The van der Waals surface area contributed by atoms with Crippen molar-refractivity contribution < 1.29 is 9.59 Å². The number of hydrogen-bond acceptors (Lipinski definition) is 5. The maximum absolute atomic E-state index is 12.4. The number of nitrogens with zero attached hydrogens (tertiary/aromatic N) is 5. The molecule has 7 heteroatoms. The fourth-order valence-corrected chi connectivity index (χ4v) is 3.35. The van der Waals surface area contributed by atoms with Crippen molar-refractivity contribution in [3.63, 3.8) is 0 Å². The molecule has 7 nitrogen and oxygen atoms in total. The van der Waals surface area contributed by atoms with Crippen molar-refractivity contribution in [2.75, 3.05) is 14.1 Å². The van der Waals surface area contributed by atoms with E-state index in [9.17, 15) is 9.59 Å². The highest BCUT2D eigenvalue weighted by atomic mass is 16.2. The van der Waals surface area contributed by atoms with Gasteiger partial charge in [-0.15, -0.1) is 0 Å². The highest BCUT2D eigenvalue weighted by Crippen LogP contribution is 2.30. The van der Waals surface area contributed by atoms with Crippen LogP contribution in [0, 0.1) is 6.92 Å². The molecule has 0 saturated carbocycles. The van der Waals surface area contributed by atoms with Gasteiger partial charge in [0.2, 0.25) is 5.91 Å². The Bertz CT molecular complexity index is 1270. The minimum absolute atomic E-state index is 0.111. The van der Waals surface area contributed by atoms with E-state index < -0.39 is 0 Å². The van der Waals surface area contributed by atoms with E-state index in [-0.39, 0.29) is 11.8 Å². The van der Waals surface area contributed by atoms with E-state index in [1.54, 1.807) is 61.6 Å². The van der Waals surface area contributed by atoms with Crippen LogP contribution in [0.4, 0.5) is 0 Å². The number of hydrogen-bond donors (Lipinski definition) is 0. The van der Waals surface area contributed by atoms with Crippen molar-refractivity contribution in [3.05, 3.63) is 66.2 Å². The third kappa shape index (κ3) is 3.45. The van der Waals surface area contributed by atoms with Crippen LogP contribution < -0.4 is 0 Å². The summed E-state index contributed by atoms with van der Waals surface area (Å²) in [5.41, 5.74) is 4.65. The molecule has 0 aliphatic heterocycles. The minimum atomic E-state index is -0.126. The number of fused-ring (bicyclic) bond motifs is 1. The van der Waals surface area contributed by atoms with Gasteiger partial charge in [-0.2, -0.15) is 0 Å². The predicted octanol–water partition coefficient (Wildman–Crippen LogP) is 3.83. The molecule has 4 aromatic rings. The van der Waals surface area contributed by atoms with Crippen LogP contribution in [0.15, 0.2) is 55.1 Å². The zero-order chi connectivity index (χ0) is 21.4. The number of carbonyl (C=O) groups excluding carboxylic acids is 2. The van der Waals surface area contributed by atoms with Crippen molar-refractivity contribution in [3.8, 4) is 22.6 Å². The quantitative estimate of drug-likeness (QED) is 0.523. The topological polar surface area (TPSA) is 81.0 Å². The van der Waals surface area contributed by atoms with E-state index in [2.05, 4.69) is 15.0 Å². The van der Waals surface area contributed by atoms with Crippen molar-refractivity contribution in [2.45, 2.75) is 13.8 Å². The second-order valence-corrected chi connectivity index (χ2v) is 7.38. The Kier molecular flexibility index (Phi) is 4.87. The van der Waals surface area contributed by atoms with Gasteiger partial charge in [0.1, 0.15) is 0 Å². The summed E-state index contributed by atoms with van der Waals surface area (Å²) in [5, 5.41) is 0.749. The summed E-state index contributed by atoms with van der Waals surface area (Å²) in [6, 6.07) is 9.19. The Morgan fingerprint density at radius 3 is 2.37 bits per heavy atom. The minimum Gasteiger partial charge on any atom is -0.345 e. The van der Waals surface area contributed by atoms with Gasteiger partial charge < -0.3 is 4.90 Å². The van der Waals surface area contributed by atoms with Gasteiger partial charge in [-0.05, 0) is 42.8 Å². The number of pyridine rings is 1. The zero-order valence-corrected chi connectivity index (χ0v) is 17.2. The van der Waals surface area contributed by atoms with Crippen LogP contribution in [0.1, 0.15) is 27.6 Å². The number of aryl methyl sites for hydroxylation is 1. The Morgan fingerprint density at radius 2 is 1.73 bits per heavy atom. The molecule has 0 unspecified atom stereocenters. The molecular weight excluding hydrogens is 378 g/mol. The summed E-state index contributed by atoms with van der Waals surface area (Å²) in [6.45, 7) is 3.50. The van der Waals surface area contributed by atoms with Gasteiger partial charge in [-0.25, -0.2) is 9.97 Å². The number of amides is 1. The van der Waals surface area contributed by atoms with E-state index in [0.717, 1.165) is 22.2 Å². The average molecular weight is 399 g/mol. The molecule has 1 aromatic carbocycles. The maximum Gasteiger partial charge on any atom is 0.253 e. The van der Waals surface area contributed by atoms with Crippen LogP contribution in [-0.2, 0) is 0 Å². The predicted molar refractivity (Wildman–Crippen MR) is 115 cm³/mol. The van der Waals surface area contributed by atoms with Crippen LogP contribution in [-0.4, -0.2) is 50.3 Å². The summed E-state index contributed by atoms with van der Waals surface area (Å²) >= 11 is 0. The SMILES string of the molecule is CC(=O)n1cc(-c2ncc(-c3cc(C)ccn3)cn2)c2cc(C(=O)N(C)C)ccc21. The molecule has 0 spiro atoms. The van der Waals surface area contributed by atoms with Gasteiger partial charge in [-0.3, -0.25) is 19.1 Å². The molecule has 30 heavy (non-hydrogen) atoms. The van der Waals surface area contributed by atoms with E-state index in [1.807, 2.05) is 19.1 Å². The molecule has 0 N–H and O–H groups in total. The second-order valence-electron chi connectivity index (χ2n) is 7.38. The molecule has 3 heterocycles. The first kappa shape index (κ1) is 19.4. The van der Waals surface area contributed by atoms with Gasteiger partial charge in [0.15, 0.2) is 5.82 Å². The van der Waals surface area contributed by atoms with Crippen LogP contribution in [0.25, 0.3) is 33.5 Å². The first-order chi connectivity index (χ1) is 14.3. The Labute approximate surface area is 174 Å². The number of aromatic nitrogens is 4. The van der Waals surface area contributed by atoms with Gasteiger partial charge in [0, 0.05) is 67.9 Å². The van der Waals surface area contributed by atoms with E-state index >= 15 is 0 Å². The lowest BCUT2D eigenvalue weighted by Gasteiger charge is -2.10. The largest absolute Gasteiger partial charge is 0.345 e. The average Bonchev–Trinajstić information content (AvgIpc) is 3.12. The summed E-state index contributed by atoms with van der Waals surface area (Å²) in [6.07, 6.45) is 6.91. The molecule has 150 valence electrons. The Balaban J connectivity index is 1.84. The van der Waals surface area contributed by atoms with E-state index in [1.165, 1.54) is 11.8 Å². The van der Waals surface area contributed by atoms with Gasteiger partial charge in [0.05, 0.1) is 11.2 Å². The van der Waals surface area contributed by atoms with Crippen LogP contribution in [0.2, 0.25) is 0 Å². The first-order valence-corrected chi connectivity index (χ1v) is 9.48. The lowest BCUT2D eigenvalue weighted by molar-refractivity contribution is 0.0827. The Hall–Kier alpha value is -3.87. The molecule has 0 bridgehead atoms.